The summed E-state index contributed by atoms with van der Waals surface area (Å²) in [5.41, 5.74) is 18.7. The van der Waals surface area contributed by atoms with Gasteiger partial charge in [0.05, 0.1) is 37.6 Å². The highest BCUT2D eigenvalue weighted by molar-refractivity contribution is 5.14. The summed E-state index contributed by atoms with van der Waals surface area (Å²) < 4.78 is 24.0. The smallest absolute Gasteiger partial charge is 0.215 e. The van der Waals surface area contributed by atoms with Gasteiger partial charge in [-0.1, -0.05) is 6.92 Å². The summed E-state index contributed by atoms with van der Waals surface area (Å²) in [6, 6.07) is -2.22. The Hall–Kier alpha value is -1.40. The van der Waals surface area contributed by atoms with Crippen molar-refractivity contribution in [2.45, 2.75) is 87.0 Å². The van der Waals surface area contributed by atoms with Crippen molar-refractivity contribution in [2.75, 3.05) is 39.8 Å². The summed E-state index contributed by atoms with van der Waals surface area (Å²) in [5.74, 6) is 0.699. The molecule has 2 unspecified atom stereocenters. The van der Waals surface area contributed by atoms with Crippen LogP contribution in [0.25, 0.3) is 0 Å². The molecule has 38 heavy (non-hydrogen) atoms. The zero-order valence-corrected chi connectivity index (χ0v) is 22.1. The van der Waals surface area contributed by atoms with Crippen LogP contribution in [-0.4, -0.2) is 128 Å². The normalized spacial score (nSPS) is 40.0. The molecule has 2 fully saturated rings. The number of aliphatic hydroxyl groups is 4. The minimum Gasteiger partial charge on any atom is -0.515 e. The molecule has 1 saturated carbocycles. The lowest BCUT2D eigenvalue weighted by Crippen LogP contribution is -2.67. The molecule has 14 heteroatoms. The Morgan fingerprint density at radius 2 is 1.89 bits per heavy atom. The zero-order valence-electron chi connectivity index (χ0n) is 22.1. The van der Waals surface area contributed by atoms with Crippen molar-refractivity contribution in [2.24, 2.45) is 17.2 Å². The molecule has 2 aliphatic heterocycles. The van der Waals surface area contributed by atoms with Gasteiger partial charge in [-0.15, -0.1) is 0 Å². The molecule has 14 nitrogen and oxygen atoms in total. The van der Waals surface area contributed by atoms with E-state index in [4.69, 9.17) is 36.1 Å². The standard InChI is InChI=1S/C24H46N6O8/c1-3-29-9-14-4-5-15(26)23(36-14)37-21-16(27)6-17(30-8-13(32)7-25)22(20(21)34)38-24-19(33)18(28-2)12(10-31)11-35-24/h4,10,13,15-24,28-34H,3,5-9,11,25-27H2,1-2H3/b12-10-/t13?,15-,16+,17-,18+,19-,20+,21?,22+,23-,24-/m1/s1. The highest BCUT2D eigenvalue weighted by Crippen LogP contribution is 2.31. The van der Waals surface area contributed by atoms with Gasteiger partial charge in [0.2, 0.25) is 6.29 Å². The average Bonchev–Trinajstić information content (AvgIpc) is 2.91. The van der Waals surface area contributed by atoms with Crippen molar-refractivity contribution in [1.82, 2.24) is 16.0 Å². The van der Waals surface area contributed by atoms with Crippen molar-refractivity contribution < 1.29 is 39.4 Å². The lowest BCUT2D eigenvalue weighted by molar-refractivity contribution is -0.276. The van der Waals surface area contributed by atoms with E-state index in [9.17, 15) is 20.4 Å². The number of likely N-dealkylation sites (N-methyl/N-ethyl adjacent to an activating group) is 2. The molecule has 1 saturated heterocycles. The van der Waals surface area contributed by atoms with Crippen LogP contribution in [-0.2, 0) is 18.9 Å². The number of aliphatic hydroxyl groups excluding tert-OH is 4. The Morgan fingerprint density at radius 3 is 2.55 bits per heavy atom. The first-order valence-electron chi connectivity index (χ1n) is 13.2. The molecule has 1 aliphatic carbocycles. The van der Waals surface area contributed by atoms with Gasteiger partial charge in [-0.25, -0.2) is 0 Å². The van der Waals surface area contributed by atoms with Gasteiger partial charge in [-0.3, -0.25) is 0 Å². The van der Waals surface area contributed by atoms with Gasteiger partial charge in [-0.05, 0) is 32.5 Å². The lowest BCUT2D eigenvalue weighted by atomic mass is 9.83. The summed E-state index contributed by atoms with van der Waals surface area (Å²) >= 11 is 0. The van der Waals surface area contributed by atoms with Crippen molar-refractivity contribution >= 4 is 0 Å². The molecule has 13 N–H and O–H groups in total. The quantitative estimate of drug-likeness (QED) is 0.107. The Labute approximate surface area is 223 Å². The fourth-order valence-electron chi connectivity index (χ4n) is 4.97. The number of rotatable bonds is 12. The van der Waals surface area contributed by atoms with Crippen molar-refractivity contribution in [3.63, 3.8) is 0 Å². The van der Waals surface area contributed by atoms with Gasteiger partial charge in [-0.2, -0.15) is 0 Å². The number of nitrogens with two attached hydrogens (primary N) is 3. The molecular weight excluding hydrogens is 500 g/mol. The van der Waals surface area contributed by atoms with E-state index in [1.54, 1.807) is 7.05 Å². The van der Waals surface area contributed by atoms with Crippen LogP contribution in [0.5, 0.6) is 0 Å². The Bertz CT molecular complexity index is 791. The van der Waals surface area contributed by atoms with E-state index in [-0.39, 0.29) is 19.7 Å². The molecule has 2 heterocycles. The van der Waals surface area contributed by atoms with Crippen LogP contribution in [0.2, 0.25) is 0 Å². The molecule has 0 amide bonds. The molecule has 11 atom stereocenters. The molecule has 0 aromatic rings. The van der Waals surface area contributed by atoms with E-state index in [1.807, 2.05) is 13.0 Å². The molecule has 0 radical (unpaired) electrons. The molecule has 0 aromatic heterocycles. The van der Waals surface area contributed by atoms with Crippen LogP contribution in [0.1, 0.15) is 19.8 Å². The van der Waals surface area contributed by atoms with Gasteiger partial charge in [0.15, 0.2) is 6.29 Å². The van der Waals surface area contributed by atoms with Gasteiger partial charge in [0.1, 0.15) is 30.2 Å². The van der Waals surface area contributed by atoms with Crippen molar-refractivity contribution in [3.05, 3.63) is 23.7 Å². The highest BCUT2D eigenvalue weighted by Gasteiger charge is 2.49. The van der Waals surface area contributed by atoms with Crippen LogP contribution >= 0.6 is 0 Å². The Morgan fingerprint density at radius 1 is 1.16 bits per heavy atom. The first-order chi connectivity index (χ1) is 18.2. The van der Waals surface area contributed by atoms with Crippen molar-refractivity contribution in [1.29, 1.82) is 0 Å². The van der Waals surface area contributed by atoms with Crippen LogP contribution in [0, 0.1) is 0 Å². The first-order valence-corrected chi connectivity index (χ1v) is 13.2. The largest absolute Gasteiger partial charge is 0.515 e. The van der Waals surface area contributed by atoms with E-state index in [1.165, 1.54) is 0 Å². The first kappa shape index (κ1) is 31.1. The SMILES string of the molecule is CCNCC1=CC[C@@H](N)[C@@H](OC2[C@@H](N)C[C@@H](NCC(O)CN)[C@H](O[C@H]3OC/C(=C/O)[C@H](NC)[C@H]3O)[C@H]2O)O1. The van der Waals surface area contributed by atoms with E-state index in [0.717, 1.165) is 12.8 Å². The number of hydrogen-bond acceptors (Lipinski definition) is 14. The third kappa shape index (κ3) is 7.62. The van der Waals surface area contributed by atoms with E-state index < -0.39 is 67.3 Å². The van der Waals surface area contributed by atoms with Crippen LogP contribution in [0.3, 0.4) is 0 Å². The lowest BCUT2D eigenvalue weighted by Gasteiger charge is -2.47. The second-order valence-corrected chi connectivity index (χ2v) is 9.97. The molecule has 0 bridgehead atoms. The van der Waals surface area contributed by atoms with Gasteiger partial charge in [0, 0.05) is 30.7 Å². The predicted molar refractivity (Wildman–Crippen MR) is 139 cm³/mol. The van der Waals surface area contributed by atoms with E-state index >= 15 is 0 Å². The molecule has 0 spiro atoms. The summed E-state index contributed by atoms with van der Waals surface area (Å²) in [7, 11) is 1.64. The topological polar surface area (TPSA) is 232 Å². The van der Waals surface area contributed by atoms with Gasteiger partial charge >= 0.3 is 0 Å². The zero-order chi connectivity index (χ0) is 27.8. The molecule has 3 aliphatic rings. The molecular formula is C24H46N6O8. The molecule has 3 rings (SSSR count). The fraction of sp³-hybridized carbons (Fsp3) is 0.833. The summed E-state index contributed by atoms with van der Waals surface area (Å²) in [5, 5.41) is 51.1. The summed E-state index contributed by atoms with van der Waals surface area (Å²) in [6.07, 6.45) is -3.40. The Balaban J connectivity index is 1.76. The maximum Gasteiger partial charge on any atom is 0.215 e. The predicted octanol–water partition coefficient (Wildman–Crippen LogP) is -3.56. The van der Waals surface area contributed by atoms with Crippen molar-refractivity contribution in [3.8, 4) is 0 Å². The minimum absolute atomic E-state index is 0.0155. The third-order valence-electron chi connectivity index (χ3n) is 7.18. The fourth-order valence-corrected chi connectivity index (χ4v) is 4.97. The number of hydrogen-bond donors (Lipinski definition) is 10. The van der Waals surface area contributed by atoms with E-state index in [2.05, 4.69) is 16.0 Å². The third-order valence-corrected chi connectivity index (χ3v) is 7.18. The van der Waals surface area contributed by atoms with Gasteiger partial charge < -0.3 is 72.5 Å². The minimum atomic E-state index is -1.26. The average molecular weight is 547 g/mol. The second-order valence-electron chi connectivity index (χ2n) is 9.97. The maximum absolute atomic E-state index is 11.5. The second kappa shape index (κ2) is 14.8. The van der Waals surface area contributed by atoms with Crippen LogP contribution < -0.4 is 33.2 Å². The molecule has 220 valence electrons. The van der Waals surface area contributed by atoms with Gasteiger partial charge in [0.25, 0.3) is 0 Å². The van der Waals surface area contributed by atoms with Crippen LogP contribution in [0.4, 0.5) is 0 Å². The van der Waals surface area contributed by atoms with E-state index in [0.29, 0.717) is 30.7 Å². The monoisotopic (exact) mass is 546 g/mol. The number of nitrogens with one attached hydrogen (secondary N) is 3. The number of ether oxygens (including phenoxy) is 4. The Kier molecular flexibility index (Phi) is 12.2. The summed E-state index contributed by atoms with van der Waals surface area (Å²) in [4.78, 5) is 0. The highest BCUT2D eigenvalue weighted by atomic mass is 16.7. The summed E-state index contributed by atoms with van der Waals surface area (Å²) in [6.45, 7) is 3.50. The maximum atomic E-state index is 11.5. The van der Waals surface area contributed by atoms with Crippen LogP contribution in [0.15, 0.2) is 23.7 Å². The molecule has 0 aromatic carbocycles.